The Kier molecular flexibility index (Phi) is 5.51. The van der Waals surface area contributed by atoms with Gasteiger partial charge in [0.05, 0.1) is 17.3 Å². The lowest BCUT2D eigenvalue weighted by atomic mass is 10.2. The van der Waals surface area contributed by atoms with Crippen LogP contribution in [0.15, 0.2) is 29.6 Å². The molecule has 2 aromatic rings. The van der Waals surface area contributed by atoms with E-state index < -0.39 is 0 Å². The molecule has 1 saturated heterocycles. The maximum atomic E-state index is 12.4. The van der Waals surface area contributed by atoms with Crippen molar-refractivity contribution < 1.29 is 9.53 Å². The molecule has 2 heterocycles. The van der Waals surface area contributed by atoms with Crippen LogP contribution < -0.4 is 9.64 Å². The molecule has 0 saturated carbocycles. The molecule has 1 aromatic heterocycles. The Bertz CT molecular complexity index is 766. The van der Waals surface area contributed by atoms with Gasteiger partial charge in [0.25, 0.3) is 5.91 Å². The quantitative estimate of drug-likeness (QED) is 0.842. The molecule has 1 aromatic carbocycles. The van der Waals surface area contributed by atoms with Gasteiger partial charge in [-0.25, -0.2) is 4.98 Å². The standard InChI is InChI=1S/C18H20N4O2S/c1-14-13-25-18(20-14)22-8-2-7-21(9-10-22)17(23)12-24-16-5-3-15(11-19)4-6-16/h3-6,13H,2,7-10,12H2,1H3. The minimum atomic E-state index is -0.0125. The smallest absolute Gasteiger partial charge is 0.260 e. The first-order chi connectivity index (χ1) is 12.2. The van der Waals surface area contributed by atoms with Crippen molar-refractivity contribution in [1.82, 2.24) is 9.88 Å². The van der Waals surface area contributed by atoms with E-state index in [0.29, 0.717) is 17.9 Å². The number of ether oxygens (including phenoxy) is 1. The average Bonchev–Trinajstić information content (AvgIpc) is 2.92. The molecule has 0 unspecified atom stereocenters. The lowest BCUT2D eigenvalue weighted by molar-refractivity contribution is -0.133. The molecule has 25 heavy (non-hydrogen) atoms. The molecule has 6 nitrogen and oxygen atoms in total. The summed E-state index contributed by atoms with van der Waals surface area (Å²) >= 11 is 1.65. The van der Waals surface area contributed by atoms with Gasteiger partial charge in [0, 0.05) is 31.6 Å². The molecular formula is C18H20N4O2S. The maximum Gasteiger partial charge on any atom is 0.260 e. The number of hydrogen-bond acceptors (Lipinski definition) is 6. The molecule has 1 amide bonds. The number of benzene rings is 1. The topological polar surface area (TPSA) is 69.5 Å². The summed E-state index contributed by atoms with van der Waals surface area (Å²) in [4.78, 5) is 21.0. The van der Waals surface area contributed by atoms with Gasteiger partial charge in [-0.05, 0) is 37.6 Å². The number of aryl methyl sites for hydroxylation is 1. The first kappa shape index (κ1) is 17.2. The summed E-state index contributed by atoms with van der Waals surface area (Å²) in [5, 5.41) is 11.9. The molecule has 0 bridgehead atoms. The highest BCUT2D eigenvalue weighted by molar-refractivity contribution is 7.13. The average molecular weight is 356 g/mol. The molecule has 1 aliphatic heterocycles. The van der Waals surface area contributed by atoms with E-state index in [2.05, 4.69) is 21.3 Å². The predicted molar refractivity (Wildman–Crippen MR) is 96.9 cm³/mol. The van der Waals surface area contributed by atoms with Crippen LogP contribution in [0, 0.1) is 18.3 Å². The number of rotatable bonds is 4. The SMILES string of the molecule is Cc1csc(N2CCCN(C(=O)COc3ccc(C#N)cc3)CC2)n1. The third-order valence-corrected chi connectivity index (χ3v) is 5.09. The molecule has 1 fully saturated rings. The van der Waals surface area contributed by atoms with Crippen LogP contribution in [0.25, 0.3) is 0 Å². The van der Waals surface area contributed by atoms with E-state index in [-0.39, 0.29) is 12.5 Å². The highest BCUT2D eigenvalue weighted by Crippen LogP contribution is 2.21. The fourth-order valence-corrected chi connectivity index (χ4v) is 3.56. The highest BCUT2D eigenvalue weighted by Gasteiger charge is 2.21. The van der Waals surface area contributed by atoms with Gasteiger partial charge in [0.15, 0.2) is 11.7 Å². The normalized spacial score (nSPS) is 14.7. The zero-order chi connectivity index (χ0) is 17.6. The van der Waals surface area contributed by atoms with Crippen LogP contribution in [-0.4, -0.2) is 48.6 Å². The molecule has 0 N–H and O–H groups in total. The molecular weight excluding hydrogens is 336 g/mol. The van der Waals surface area contributed by atoms with E-state index in [1.807, 2.05) is 11.8 Å². The predicted octanol–water partition coefficient (Wildman–Crippen LogP) is 2.44. The fraction of sp³-hybridized carbons (Fsp3) is 0.389. The summed E-state index contributed by atoms with van der Waals surface area (Å²) in [7, 11) is 0. The second kappa shape index (κ2) is 7.99. The molecule has 130 valence electrons. The minimum Gasteiger partial charge on any atom is -0.484 e. The Labute approximate surface area is 151 Å². The fourth-order valence-electron chi connectivity index (χ4n) is 2.71. The van der Waals surface area contributed by atoms with Crippen LogP contribution in [0.1, 0.15) is 17.7 Å². The van der Waals surface area contributed by atoms with E-state index in [9.17, 15) is 4.79 Å². The second-order valence-corrected chi connectivity index (χ2v) is 6.75. The number of anilines is 1. The Hall–Kier alpha value is -2.59. The molecule has 0 spiro atoms. The van der Waals surface area contributed by atoms with Crippen LogP contribution in [0.2, 0.25) is 0 Å². The van der Waals surface area contributed by atoms with Gasteiger partial charge in [0.1, 0.15) is 5.75 Å². The van der Waals surface area contributed by atoms with E-state index in [4.69, 9.17) is 10.00 Å². The van der Waals surface area contributed by atoms with Gasteiger partial charge >= 0.3 is 0 Å². The molecule has 3 rings (SSSR count). The van der Waals surface area contributed by atoms with Crippen LogP contribution in [0.5, 0.6) is 5.75 Å². The third-order valence-electron chi connectivity index (χ3n) is 4.07. The number of hydrogen-bond donors (Lipinski definition) is 0. The van der Waals surface area contributed by atoms with Crippen LogP contribution in [-0.2, 0) is 4.79 Å². The van der Waals surface area contributed by atoms with E-state index in [1.165, 1.54) is 0 Å². The minimum absolute atomic E-state index is 0.0125. The maximum absolute atomic E-state index is 12.4. The van der Waals surface area contributed by atoms with Crippen molar-refractivity contribution in [1.29, 1.82) is 5.26 Å². The van der Waals surface area contributed by atoms with Crippen molar-refractivity contribution >= 4 is 22.4 Å². The van der Waals surface area contributed by atoms with Gasteiger partial charge in [-0.1, -0.05) is 0 Å². The molecule has 1 aliphatic rings. The summed E-state index contributed by atoms with van der Waals surface area (Å²) in [6.07, 6.45) is 0.918. The van der Waals surface area contributed by atoms with Crippen molar-refractivity contribution in [2.75, 3.05) is 37.7 Å². The molecule has 0 radical (unpaired) electrons. The Balaban J connectivity index is 1.51. The first-order valence-electron chi connectivity index (χ1n) is 8.23. The lowest BCUT2D eigenvalue weighted by Crippen LogP contribution is -2.38. The zero-order valence-corrected chi connectivity index (χ0v) is 15.0. The highest BCUT2D eigenvalue weighted by atomic mass is 32.1. The largest absolute Gasteiger partial charge is 0.484 e. The Morgan fingerprint density at radius 3 is 2.76 bits per heavy atom. The molecule has 7 heteroatoms. The van der Waals surface area contributed by atoms with Crippen molar-refractivity contribution in [3.05, 3.63) is 40.9 Å². The van der Waals surface area contributed by atoms with E-state index in [0.717, 1.165) is 36.9 Å². The summed E-state index contributed by atoms with van der Waals surface area (Å²) in [5.74, 6) is 0.587. The second-order valence-electron chi connectivity index (χ2n) is 5.92. The van der Waals surface area contributed by atoms with Crippen molar-refractivity contribution in [2.45, 2.75) is 13.3 Å². The molecule has 0 aliphatic carbocycles. The third kappa shape index (κ3) is 4.48. The summed E-state index contributed by atoms with van der Waals surface area (Å²) in [6, 6.07) is 8.84. The number of nitriles is 1. The Morgan fingerprint density at radius 1 is 1.28 bits per heavy atom. The Morgan fingerprint density at radius 2 is 2.08 bits per heavy atom. The van der Waals surface area contributed by atoms with Crippen LogP contribution in [0.4, 0.5) is 5.13 Å². The summed E-state index contributed by atoms with van der Waals surface area (Å²) in [6.45, 7) is 5.11. The van der Waals surface area contributed by atoms with Crippen molar-refractivity contribution in [3.8, 4) is 11.8 Å². The van der Waals surface area contributed by atoms with Crippen molar-refractivity contribution in [3.63, 3.8) is 0 Å². The monoisotopic (exact) mass is 356 g/mol. The van der Waals surface area contributed by atoms with Crippen molar-refractivity contribution in [2.24, 2.45) is 0 Å². The van der Waals surface area contributed by atoms with Gasteiger partial charge in [-0.2, -0.15) is 5.26 Å². The van der Waals surface area contributed by atoms with Gasteiger partial charge in [0.2, 0.25) is 0 Å². The number of amides is 1. The van der Waals surface area contributed by atoms with Crippen LogP contribution >= 0.6 is 11.3 Å². The lowest BCUT2D eigenvalue weighted by Gasteiger charge is -2.21. The van der Waals surface area contributed by atoms with Crippen LogP contribution in [0.3, 0.4) is 0 Å². The number of carbonyl (C=O) groups excluding carboxylic acids is 1. The molecule has 0 atom stereocenters. The summed E-state index contributed by atoms with van der Waals surface area (Å²) < 4.78 is 5.55. The first-order valence-corrected chi connectivity index (χ1v) is 9.11. The van der Waals surface area contributed by atoms with Gasteiger partial charge in [-0.15, -0.1) is 11.3 Å². The number of aromatic nitrogens is 1. The zero-order valence-electron chi connectivity index (χ0n) is 14.1. The van der Waals surface area contributed by atoms with E-state index in [1.54, 1.807) is 35.6 Å². The summed E-state index contributed by atoms with van der Waals surface area (Å²) in [5.41, 5.74) is 1.61. The van der Waals surface area contributed by atoms with E-state index >= 15 is 0 Å². The number of nitrogens with zero attached hydrogens (tertiary/aromatic N) is 4. The number of thiazole rings is 1. The van der Waals surface area contributed by atoms with Gasteiger partial charge in [-0.3, -0.25) is 4.79 Å². The van der Waals surface area contributed by atoms with Gasteiger partial charge < -0.3 is 14.5 Å². The number of carbonyl (C=O) groups is 1.